The number of anilines is 4. The molecule has 7 nitrogen and oxygen atoms in total. The number of sulfonamides is 1. The molecule has 0 aliphatic rings. The summed E-state index contributed by atoms with van der Waals surface area (Å²) in [5.74, 6) is 0.815. The molecule has 0 radical (unpaired) electrons. The predicted molar refractivity (Wildman–Crippen MR) is 107 cm³/mol. The van der Waals surface area contributed by atoms with Crippen LogP contribution in [-0.2, 0) is 16.4 Å². The lowest BCUT2D eigenvalue weighted by Gasteiger charge is -2.11. The number of hydrogen-bond acceptors (Lipinski definition) is 6. The Bertz CT molecular complexity index is 1120. The number of nitrogens with zero attached hydrogens (tertiary/aromatic N) is 2. The van der Waals surface area contributed by atoms with E-state index in [4.69, 9.17) is 0 Å². The molecule has 0 fully saturated rings. The highest BCUT2D eigenvalue weighted by Gasteiger charge is 2.27. The molecule has 0 unspecified atom stereocenters. The lowest BCUT2D eigenvalue weighted by atomic mass is 10.1. The first-order valence-corrected chi connectivity index (χ1v) is 10.2. The van der Waals surface area contributed by atoms with Crippen molar-refractivity contribution in [3.63, 3.8) is 0 Å². The Hall–Kier alpha value is -3.18. The molecule has 0 bridgehead atoms. The molecule has 3 rings (SSSR count). The van der Waals surface area contributed by atoms with Gasteiger partial charge in [0.25, 0.3) is 0 Å². The summed E-state index contributed by atoms with van der Waals surface area (Å²) in [4.78, 5) is 8.27. The fourth-order valence-corrected chi connectivity index (χ4v) is 3.36. The zero-order valence-corrected chi connectivity index (χ0v) is 16.6. The van der Waals surface area contributed by atoms with Gasteiger partial charge in [-0.2, -0.15) is 13.2 Å². The highest BCUT2D eigenvalue weighted by atomic mass is 32.2. The van der Waals surface area contributed by atoms with E-state index in [0.717, 1.165) is 0 Å². The van der Waals surface area contributed by atoms with Crippen LogP contribution in [0.15, 0.2) is 65.8 Å². The Kier molecular flexibility index (Phi) is 6.22. The van der Waals surface area contributed by atoms with Crippen molar-refractivity contribution in [2.45, 2.75) is 17.5 Å². The number of alkyl halides is 3. The number of hydrogen-bond donors (Lipinski definition) is 3. The molecule has 3 aromatic rings. The quantitative estimate of drug-likeness (QED) is 0.518. The van der Waals surface area contributed by atoms with Crippen LogP contribution in [0, 0.1) is 0 Å². The molecule has 0 saturated heterocycles. The van der Waals surface area contributed by atoms with E-state index in [1.54, 1.807) is 18.2 Å². The third-order valence-electron chi connectivity index (χ3n) is 3.98. The standard InChI is InChI=1S/C19H18F3N5O2S/c1-23-30(28,29)16-4-2-3-15(9-16)27-18-10-17(24-12-25-18)26-14-7-5-13(6-8-14)11-19(20,21)22/h2-10,12,23H,11H2,1H3,(H2,24,25,26,27). The predicted octanol–water partition coefficient (Wildman–Crippen LogP) is 3.98. The Morgan fingerprint density at radius 2 is 1.53 bits per heavy atom. The molecule has 3 N–H and O–H groups in total. The smallest absolute Gasteiger partial charge is 0.340 e. The van der Waals surface area contributed by atoms with E-state index in [1.807, 2.05) is 0 Å². The number of halogens is 3. The molecular weight excluding hydrogens is 419 g/mol. The molecule has 0 atom stereocenters. The zero-order chi connectivity index (χ0) is 21.8. The van der Waals surface area contributed by atoms with Crippen LogP contribution < -0.4 is 15.4 Å². The molecule has 0 spiro atoms. The third-order valence-corrected chi connectivity index (χ3v) is 5.40. The monoisotopic (exact) mass is 437 g/mol. The Balaban J connectivity index is 1.72. The van der Waals surface area contributed by atoms with Crippen LogP contribution in [0.3, 0.4) is 0 Å². The van der Waals surface area contributed by atoms with Gasteiger partial charge in [-0.1, -0.05) is 18.2 Å². The molecule has 30 heavy (non-hydrogen) atoms. The van der Waals surface area contributed by atoms with Crippen LogP contribution in [-0.4, -0.2) is 31.6 Å². The minimum Gasteiger partial charge on any atom is -0.340 e. The van der Waals surface area contributed by atoms with Gasteiger partial charge in [0, 0.05) is 17.4 Å². The van der Waals surface area contributed by atoms with E-state index >= 15 is 0 Å². The summed E-state index contributed by atoms with van der Waals surface area (Å²) in [5, 5.41) is 5.98. The molecule has 2 aromatic carbocycles. The van der Waals surface area contributed by atoms with E-state index in [0.29, 0.717) is 23.0 Å². The highest BCUT2D eigenvalue weighted by molar-refractivity contribution is 7.89. The van der Waals surface area contributed by atoms with Gasteiger partial charge in [-0.3, -0.25) is 0 Å². The van der Waals surface area contributed by atoms with Gasteiger partial charge >= 0.3 is 6.18 Å². The summed E-state index contributed by atoms with van der Waals surface area (Å²) in [5.41, 5.74) is 1.23. The summed E-state index contributed by atoms with van der Waals surface area (Å²) >= 11 is 0. The second-order valence-electron chi connectivity index (χ2n) is 6.26. The van der Waals surface area contributed by atoms with Gasteiger partial charge in [0.2, 0.25) is 10.0 Å². The van der Waals surface area contributed by atoms with Crippen LogP contribution >= 0.6 is 0 Å². The SMILES string of the molecule is CNS(=O)(=O)c1cccc(Nc2cc(Nc3ccc(CC(F)(F)F)cc3)ncn2)c1. The summed E-state index contributed by atoms with van der Waals surface area (Å²) < 4.78 is 63.4. The van der Waals surface area contributed by atoms with Crippen LogP contribution in [0.1, 0.15) is 5.56 Å². The zero-order valence-electron chi connectivity index (χ0n) is 15.7. The molecule has 0 amide bonds. The lowest BCUT2D eigenvalue weighted by Crippen LogP contribution is -2.18. The summed E-state index contributed by atoms with van der Waals surface area (Å²) in [7, 11) is -2.26. The van der Waals surface area contributed by atoms with E-state index < -0.39 is 22.6 Å². The van der Waals surface area contributed by atoms with Crippen molar-refractivity contribution in [1.82, 2.24) is 14.7 Å². The Morgan fingerprint density at radius 3 is 2.13 bits per heavy atom. The third kappa shape index (κ3) is 5.91. The van der Waals surface area contributed by atoms with Crippen molar-refractivity contribution < 1.29 is 21.6 Å². The first kappa shape index (κ1) is 21.5. The molecular formula is C19H18F3N5O2S. The first-order valence-electron chi connectivity index (χ1n) is 8.70. The maximum absolute atomic E-state index is 12.4. The van der Waals surface area contributed by atoms with Crippen molar-refractivity contribution in [2.75, 3.05) is 17.7 Å². The summed E-state index contributed by atoms with van der Waals surface area (Å²) in [6.07, 6.45) is -3.94. The minimum atomic E-state index is -4.26. The molecule has 0 saturated carbocycles. The molecule has 158 valence electrons. The van der Waals surface area contributed by atoms with Gasteiger partial charge in [0.15, 0.2) is 0 Å². The number of aromatic nitrogens is 2. The maximum Gasteiger partial charge on any atom is 0.393 e. The molecule has 0 aliphatic carbocycles. The normalized spacial score (nSPS) is 11.9. The largest absolute Gasteiger partial charge is 0.393 e. The lowest BCUT2D eigenvalue weighted by molar-refractivity contribution is -0.127. The number of nitrogens with one attached hydrogen (secondary N) is 3. The summed E-state index contributed by atoms with van der Waals surface area (Å²) in [6.45, 7) is 0. The van der Waals surface area contributed by atoms with Crippen LogP contribution in [0.4, 0.5) is 36.2 Å². The van der Waals surface area contributed by atoms with Gasteiger partial charge < -0.3 is 10.6 Å². The van der Waals surface area contributed by atoms with E-state index in [2.05, 4.69) is 25.3 Å². The van der Waals surface area contributed by atoms with E-state index in [-0.39, 0.29) is 10.5 Å². The van der Waals surface area contributed by atoms with Crippen LogP contribution in [0.25, 0.3) is 0 Å². The topological polar surface area (TPSA) is 96.0 Å². The summed E-state index contributed by atoms with van der Waals surface area (Å²) in [6, 6.07) is 13.6. The van der Waals surface area contributed by atoms with Crippen molar-refractivity contribution in [1.29, 1.82) is 0 Å². The van der Waals surface area contributed by atoms with Gasteiger partial charge in [0.1, 0.15) is 18.0 Å². The number of rotatable bonds is 7. The van der Waals surface area contributed by atoms with Crippen LogP contribution in [0.2, 0.25) is 0 Å². The van der Waals surface area contributed by atoms with E-state index in [1.165, 1.54) is 49.8 Å². The van der Waals surface area contributed by atoms with Crippen molar-refractivity contribution in [3.05, 3.63) is 66.5 Å². The Labute approximate surface area is 171 Å². The van der Waals surface area contributed by atoms with Gasteiger partial charge in [0.05, 0.1) is 11.3 Å². The minimum absolute atomic E-state index is 0.0985. The second kappa shape index (κ2) is 8.67. The Morgan fingerprint density at radius 1 is 0.900 bits per heavy atom. The van der Waals surface area contributed by atoms with Crippen molar-refractivity contribution in [2.24, 2.45) is 0 Å². The molecule has 1 heterocycles. The van der Waals surface area contributed by atoms with Crippen LogP contribution in [0.5, 0.6) is 0 Å². The van der Waals surface area contributed by atoms with Gasteiger partial charge in [-0.05, 0) is 42.9 Å². The molecule has 0 aliphatic heterocycles. The fraction of sp³-hybridized carbons (Fsp3) is 0.158. The highest BCUT2D eigenvalue weighted by Crippen LogP contribution is 2.24. The maximum atomic E-state index is 12.4. The second-order valence-corrected chi connectivity index (χ2v) is 8.15. The molecule has 11 heteroatoms. The van der Waals surface area contributed by atoms with Crippen molar-refractivity contribution >= 4 is 33.0 Å². The average Bonchev–Trinajstić information content (AvgIpc) is 2.69. The van der Waals surface area contributed by atoms with Gasteiger partial charge in [-0.25, -0.2) is 23.1 Å². The first-order chi connectivity index (χ1) is 14.1. The fourth-order valence-electron chi connectivity index (χ4n) is 2.59. The average molecular weight is 437 g/mol. The van der Waals surface area contributed by atoms with Crippen molar-refractivity contribution in [3.8, 4) is 0 Å². The van der Waals surface area contributed by atoms with E-state index in [9.17, 15) is 21.6 Å². The number of benzene rings is 2. The molecule has 1 aromatic heterocycles. The van der Waals surface area contributed by atoms with Gasteiger partial charge in [-0.15, -0.1) is 0 Å².